The van der Waals surface area contributed by atoms with Crippen LogP contribution in [0.25, 0.3) is 0 Å². The van der Waals surface area contributed by atoms with Crippen LogP contribution >= 0.6 is 11.6 Å². The molecular weight excluding hydrogens is 146 g/mol. The number of nitrogens with zero attached hydrogens (tertiary/aromatic N) is 1. The largest absolute Gasteiger partial charge is 0.249 e. The van der Waals surface area contributed by atoms with Crippen molar-refractivity contribution in [3.05, 3.63) is 24.4 Å². The molecule has 1 nitrogen and oxygen atoms in total. The van der Waals surface area contributed by atoms with Gasteiger partial charge in [0, 0.05) is 6.20 Å². The van der Waals surface area contributed by atoms with Crippen molar-refractivity contribution in [1.82, 2.24) is 0 Å². The first-order valence-corrected chi connectivity index (χ1v) is 3.60. The second kappa shape index (κ2) is 5.24. The molecule has 0 aliphatic carbocycles. The van der Waals surface area contributed by atoms with Crippen LogP contribution in [0, 0.1) is 0 Å². The number of hydrogen-bond donors (Lipinski definition) is 0. The fourth-order valence-corrected chi connectivity index (χ4v) is 0.509. The molecule has 0 aromatic rings. The van der Waals surface area contributed by atoms with E-state index in [-0.39, 0.29) is 0 Å². The Labute approximate surface area is 67.1 Å². The van der Waals surface area contributed by atoms with Gasteiger partial charge in [0.1, 0.15) is 5.17 Å². The minimum Gasteiger partial charge on any atom is -0.249 e. The molecule has 0 radical (unpaired) electrons. The molecule has 0 aliphatic heterocycles. The zero-order valence-electron chi connectivity index (χ0n) is 6.39. The Bertz CT molecular complexity index is 164. The summed E-state index contributed by atoms with van der Waals surface area (Å²) < 4.78 is 0. The maximum absolute atomic E-state index is 5.51. The zero-order valence-corrected chi connectivity index (χ0v) is 7.15. The third-order valence-corrected chi connectivity index (χ3v) is 1.18. The summed E-state index contributed by atoms with van der Waals surface area (Å²) in [5.41, 5.74) is 1.10. The molecule has 0 aromatic carbocycles. The molecule has 0 bridgehead atoms. The van der Waals surface area contributed by atoms with Gasteiger partial charge in [0.25, 0.3) is 0 Å². The van der Waals surface area contributed by atoms with Gasteiger partial charge < -0.3 is 0 Å². The SMILES string of the molecule is C=C/C(=C\N=C(C)Cl)CC. The van der Waals surface area contributed by atoms with Crippen LogP contribution < -0.4 is 0 Å². The molecule has 0 rings (SSSR count). The standard InChI is InChI=1S/C8H12ClN/c1-4-8(5-2)6-10-7(3)9/h4,6H,1,5H2,2-3H3/b8-6+,10-7?. The van der Waals surface area contributed by atoms with E-state index in [1.165, 1.54) is 0 Å². The predicted molar refractivity (Wildman–Crippen MR) is 47.5 cm³/mol. The van der Waals surface area contributed by atoms with E-state index < -0.39 is 0 Å². The molecule has 0 fully saturated rings. The lowest BCUT2D eigenvalue weighted by Gasteiger charge is -1.90. The summed E-state index contributed by atoms with van der Waals surface area (Å²) in [6.07, 6.45) is 4.45. The first-order chi connectivity index (χ1) is 4.70. The summed E-state index contributed by atoms with van der Waals surface area (Å²) in [6.45, 7) is 7.42. The van der Waals surface area contributed by atoms with Gasteiger partial charge in [-0.15, -0.1) is 0 Å². The summed E-state index contributed by atoms with van der Waals surface area (Å²) in [7, 11) is 0. The van der Waals surface area contributed by atoms with Crippen molar-refractivity contribution in [1.29, 1.82) is 0 Å². The lowest BCUT2D eigenvalue weighted by atomic mass is 10.2. The Kier molecular flexibility index (Phi) is 4.95. The summed E-state index contributed by atoms with van der Waals surface area (Å²) in [5, 5.41) is 0.549. The van der Waals surface area contributed by atoms with Gasteiger partial charge in [0.05, 0.1) is 0 Å². The van der Waals surface area contributed by atoms with E-state index >= 15 is 0 Å². The molecule has 0 N–H and O–H groups in total. The van der Waals surface area contributed by atoms with Crippen molar-refractivity contribution in [2.75, 3.05) is 0 Å². The Hall–Kier alpha value is -0.560. The van der Waals surface area contributed by atoms with E-state index in [9.17, 15) is 0 Å². The predicted octanol–water partition coefficient (Wildman–Crippen LogP) is 3.12. The third-order valence-electron chi connectivity index (χ3n) is 1.08. The van der Waals surface area contributed by atoms with Crippen LogP contribution in [0.3, 0.4) is 0 Å². The molecule has 0 saturated heterocycles. The molecule has 2 heteroatoms. The summed E-state index contributed by atoms with van der Waals surface area (Å²) in [4.78, 5) is 3.92. The monoisotopic (exact) mass is 157 g/mol. The number of rotatable bonds is 3. The van der Waals surface area contributed by atoms with Gasteiger partial charge in [0.15, 0.2) is 0 Å². The van der Waals surface area contributed by atoms with Crippen LogP contribution in [0.1, 0.15) is 20.3 Å². The molecule has 0 aromatic heterocycles. The Morgan fingerprint density at radius 2 is 2.30 bits per heavy atom. The second-order valence-corrected chi connectivity index (χ2v) is 2.43. The van der Waals surface area contributed by atoms with Crippen LogP contribution in [-0.4, -0.2) is 5.17 Å². The third kappa shape index (κ3) is 4.33. The minimum atomic E-state index is 0.549. The molecule has 0 atom stereocenters. The van der Waals surface area contributed by atoms with Crippen molar-refractivity contribution in [3.8, 4) is 0 Å². The van der Waals surface area contributed by atoms with Gasteiger partial charge in [-0.1, -0.05) is 31.2 Å². The van der Waals surface area contributed by atoms with Gasteiger partial charge in [0.2, 0.25) is 0 Å². The molecule has 56 valence electrons. The molecule has 0 spiro atoms. The van der Waals surface area contributed by atoms with Crippen LogP contribution in [0.15, 0.2) is 29.4 Å². The van der Waals surface area contributed by atoms with Crippen LogP contribution in [-0.2, 0) is 0 Å². The first kappa shape index (κ1) is 9.44. The van der Waals surface area contributed by atoms with E-state index in [4.69, 9.17) is 11.6 Å². The van der Waals surface area contributed by atoms with Gasteiger partial charge >= 0.3 is 0 Å². The number of aliphatic imine (C=N–C) groups is 1. The minimum absolute atomic E-state index is 0.549. The highest BCUT2D eigenvalue weighted by atomic mass is 35.5. The van der Waals surface area contributed by atoms with Crippen molar-refractivity contribution >= 4 is 16.8 Å². The highest BCUT2D eigenvalue weighted by molar-refractivity contribution is 6.64. The molecule has 0 aliphatic rings. The molecule has 0 amide bonds. The van der Waals surface area contributed by atoms with E-state index in [1.807, 2.05) is 6.92 Å². The second-order valence-electron chi connectivity index (χ2n) is 1.89. The first-order valence-electron chi connectivity index (χ1n) is 3.22. The van der Waals surface area contributed by atoms with Crippen LogP contribution in [0.4, 0.5) is 0 Å². The number of hydrogen-bond acceptors (Lipinski definition) is 1. The quantitative estimate of drug-likeness (QED) is 0.441. The van der Waals surface area contributed by atoms with Crippen molar-refractivity contribution in [3.63, 3.8) is 0 Å². The smallest absolute Gasteiger partial charge is 0.103 e. The molecular formula is C8H12ClN. The summed E-state index contributed by atoms with van der Waals surface area (Å²) in [5.74, 6) is 0. The average molecular weight is 158 g/mol. The average Bonchev–Trinajstić information content (AvgIpc) is 1.90. The van der Waals surface area contributed by atoms with E-state index in [0.717, 1.165) is 12.0 Å². The highest BCUT2D eigenvalue weighted by Gasteiger charge is 1.83. The highest BCUT2D eigenvalue weighted by Crippen LogP contribution is 2.01. The van der Waals surface area contributed by atoms with Gasteiger partial charge in [-0.05, 0) is 18.9 Å². The maximum Gasteiger partial charge on any atom is 0.103 e. The number of halogens is 1. The summed E-state index contributed by atoms with van der Waals surface area (Å²) in [6, 6.07) is 0. The fourth-order valence-electron chi connectivity index (χ4n) is 0.460. The summed E-state index contributed by atoms with van der Waals surface area (Å²) >= 11 is 5.51. The van der Waals surface area contributed by atoms with Crippen LogP contribution in [0.2, 0.25) is 0 Å². The van der Waals surface area contributed by atoms with Gasteiger partial charge in [-0.3, -0.25) is 0 Å². The molecule has 0 unspecified atom stereocenters. The molecule has 0 saturated carbocycles. The number of allylic oxidation sites excluding steroid dienone is 2. The lowest BCUT2D eigenvalue weighted by molar-refractivity contribution is 1.14. The van der Waals surface area contributed by atoms with Crippen molar-refractivity contribution in [2.45, 2.75) is 20.3 Å². The van der Waals surface area contributed by atoms with E-state index in [2.05, 4.69) is 11.6 Å². The van der Waals surface area contributed by atoms with Crippen molar-refractivity contribution < 1.29 is 0 Å². The Morgan fingerprint density at radius 1 is 1.70 bits per heavy atom. The lowest BCUT2D eigenvalue weighted by Crippen LogP contribution is -1.75. The fraction of sp³-hybridized carbons (Fsp3) is 0.375. The van der Waals surface area contributed by atoms with Crippen LogP contribution in [0.5, 0.6) is 0 Å². The topological polar surface area (TPSA) is 12.4 Å². The van der Waals surface area contributed by atoms with E-state index in [0.29, 0.717) is 5.17 Å². The molecule has 10 heavy (non-hydrogen) atoms. The Morgan fingerprint density at radius 3 is 2.60 bits per heavy atom. The van der Waals surface area contributed by atoms with Crippen molar-refractivity contribution in [2.24, 2.45) is 4.99 Å². The normalized spacial score (nSPS) is 13.5. The van der Waals surface area contributed by atoms with Gasteiger partial charge in [-0.2, -0.15) is 0 Å². The van der Waals surface area contributed by atoms with Gasteiger partial charge in [-0.25, -0.2) is 4.99 Å². The Balaban J connectivity index is 4.12. The zero-order chi connectivity index (χ0) is 7.98. The maximum atomic E-state index is 5.51. The molecule has 0 heterocycles. The van der Waals surface area contributed by atoms with E-state index in [1.54, 1.807) is 19.2 Å².